The van der Waals surface area contributed by atoms with Gasteiger partial charge in [0.2, 0.25) is 5.82 Å². The van der Waals surface area contributed by atoms with Crippen molar-refractivity contribution in [2.24, 2.45) is 0 Å². The van der Waals surface area contributed by atoms with E-state index in [4.69, 9.17) is 26.6 Å². The Morgan fingerprint density at radius 2 is 1.90 bits per heavy atom. The fraction of sp³-hybridized carbons (Fsp3) is 0.0667. The molecule has 106 valence electrons. The Kier molecular flexibility index (Phi) is 3.50. The fourth-order valence-electron chi connectivity index (χ4n) is 1.93. The molecule has 5 nitrogen and oxygen atoms in total. The van der Waals surface area contributed by atoms with Crippen LogP contribution in [-0.4, -0.2) is 17.3 Å². The molecule has 3 rings (SSSR count). The van der Waals surface area contributed by atoms with E-state index in [1.54, 1.807) is 37.4 Å². The van der Waals surface area contributed by atoms with E-state index in [0.717, 1.165) is 5.56 Å². The molecule has 0 fully saturated rings. The minimum Gasteiger partial charge on any atom is -0.496 e. The van der Waals surface area contributed by atoms with Gasteiger partial charge in [-0.05, 0) is 36.4 Å². The maximum atomic E-state index is 5.86. The predicted octanol–water partition coefficient (Wildman–Crippen LogP) is 3.65. The van der Waals surface area contributed by atoms with E-state index in [-0.39, 0.29) is 0 Å². The Hall–Kier alpha value is -2.53. The van der Waals surface area contributed by atoms with Gasteiger partial charge in [0, 0.05) is 22.3 Å². The standard InChI is InChI=1S/C15H12ClN3O2/c1-20-13-8-11(17)6-7-12(13)15-18-14(19-21-15)9-2-4-10(16)5-3-9/h2-8H,17H2,1H3. The van der Waals surface area contributed by atoms with Crippen molar-refractivity contribution < 1.29 is 9.26 Å². The smallest absolute Gasteiger partial charge is 0.262 e. The number of ether oxygens (including phenoxy) is 1. The van der Waals surface area contributed by atoms with Crippen LogP contribution in [0.3, 0.4) is 0 Å². The molecule has 2 N–H and O–H groups in total. The molecule has 0 atom stereocenters. The summed E-state index contributed by atoms with van der Waals surface area (Å²) in [7, 11) is 1.56. The van der Waals surface area contributed by atoms with Gasteiger partial charge in [-0.15, -0.1) is 0 Å². The highest BCUT2D eigenvalue weighted by molar-refractivity contribution is 6.30. The van der Waals surface area contributed by atoms with Crippen molar-refractivity contribution in [3.05, 3.63) is 47.5 Å². The number of nitrogen functional groups attached to an aromatic ring is 1. The van der Waals surface area contributed by atoms with Crippen LogP contribution in [0.4, 0.5) is 5.69 Å². The van der Waals surface area contributed by atoms with Crippen LogP contribution in [0, 0.1) is 0 Å². The van der Waals surface area contributed by atoms with Crippen molar-refractivity contribution >= 4 is 17.3 Å². The van der Waals surface area contributed by atoms with E-state index in [1.807, 2.05) is 12.1 Å². The Bertz CT molecular complexity index is 769. The largest absolute Gasteiger partial charge is 0.496 e. The second-order valence-corrected chi connectivity index (χ2v) is 4.83. The monoisotopic (exact) mass is 301 g/mol. The summed E-state index contributed by atoms with van der Waals surface area (Å²) in [4.78, 5) is 4.38. The molecule has 6 heteroatoms. The molecule has 21 heavy (non-hydrogen) atoms. The van der Waals surface area contributed by atoms with Gasteiger partial charge < -0.3 is 15.0 Å². The fourth-order valence-corrected chi connectivity index (χ4v) is 2.06. The van der Waals surface area contributed by atoms with Crippen LogP contribution in [0.1, 0.15) is 0 Å². The minimum atomic E-state index is 0.372. The lowest BCUT2D eigenvalue weighted by Gasteiger charge is -2.05. The van der Waals surface area contributed by atoms with Crippen LogP contribution in [0.25, 0.3) is 22.8 Å². The van der Waals surface area contributed by atoms with Gasteiger partial charge in [-0.25, -0.2) is 0 Å². The molecule has 2 aromatic carbocycles. The summed E-state index contributed by atoms with van der Waals surface area (Å²) < 4.78 is 10.6. The zero-order valence-corrected chi connectivity index (χ0v) is 12.0. The third-order valence-corrected chi connectivity index (χ3v) is 3.24. The van der Waals surface area contributed by atoms with Crippen LogP contribution in [-0.2, 0) is 0 Å². The molecule has 0 aliphatic heterocycles. The molecule has 0 unspecified atom stereocenters. The van der Waals surface area contributed by atoms with Crippen LogP contribution in [0.5, 0.6) is 5.75 Å². The van der Waals surface area contributed by atoms with Gasteiger partial charge in [0.15, 0.2) is 0 Å². The zero-order chi connectivity index (χ0) is 14.8. The lowest BCUT2D eigenvalue weighted by Crippen LogP contribution is -1.91. The molecule has 1 heterocycles. The van der Waals surface area contributed by atoms with Crippen LogP contribution in [0.2, 0.25) is 5.02 Å². The van der Waals surface area contributed by atoms with Gasteiger partial charge in [0.25, 0.3) is 5.89 Å². The third kappa shape index (κ3) is 2.68. The van der Waals surface area contributed by atoms with E-state index in [1.165, 1.54) is 0 Å². The second-order valence-electron chi connectivity index (χ2n) is 4.39. The van der Waals surface area contributed by atoms with Gasteiger partial charge in [-0.2, -0.15) is 4.98 Å². The molecule has 0 aliphatic rings. The molecule has 0 radical (unpaired) electrons. The first-order valence-electron chi connectivity index (χ1n) is 6.21. The number of benzene rings is 2. The lowest BCUT2D eigenvalue weighted by atomic mass is 10.1. The summed E-state index contributed by atoms with van der Waals surface area (Å²) in [6.07, 6.45) is 0. The molecule has 0 saturated heterocycles. The molecule has 1 aromatic heterocycles. The highest BCUT2D eigenvalue weighted by atomic mass is 35.5. The summed E-state index contributed by atoms with van der Waals surface area (Å²) >= 11 is 5.86. The first-order chi connectivity index (χ1) is 10.2. The number of hydrogen-bond donors (Lipinski definition) is 1. The first kappa shape index (κ1) is 13.5. The highest BCUT2D eigenvalue weighted by Crippen LogP contribution is 2.31. The van der Waals surface area contributed by atoms with Gasteiger partial charge in [-0.1, -0.05) is 16.8 Å². The lowest BCUT2D eigenvalue weighted by molar-refractivity contribution is 0.405. The summed E-state index contributed by atoms with van der Waals surface area (Å²) in [6.45, 7) is 0. The predicted molar refractivity (Wildman–Crippen MR) is 81.1 cm³/mol. The molecule has 0 amide bonds. The third-order valence-electron chi connectivity index (χ3n) is 2.98. The minimum absolute atomic E-state index is 0.372. The van der Waals surface area contributed by atoms with Crippen LogP contribution < -0.4 is 10.5 Å². The van der Waals surface area contributed by atoms with E-state index in [0.29, 0.717) is 33.7 Å². The van der Waals surface area contributed by atoms with E-state index >= 15 is 0 Å². The average molecular weight is 302 g/mol. The topological polar surface area (TPSA) is 74.2 Å². The molecular formula is C15H12ClN3O2. The molecule has 0 saturated carbocycles. The Balaban J connectivity index is 2.00. The van der Waals surface area contributed by atoms with Crippen molar-refractivity contribution in [1.29, 1.82) is 0 Å². The van der Waals surface area contributed by atoms with Crippen molar-refractivity contribution in [2.75, 3.05) is 12.8 Å². The second kappa shape index (κ2) is 5.46. The average Bonchev–Trinajstić information content (AvgIpc) is 2.97. The number of halogens is 1. The normalized spacial score (nSPS) is 10.6. The van der Waals surface area contributed by atoms with Gasteiger partial charge >= 0.3 is 0 Å². The van der Waals surface area contributed by atoms with Crippen LogP contribution >= 0.6 is 11.6 Å². The number of aromatic nitrogens is 2. The van der Waals surface area contributed by atoms with Crippen LogP contribution in [0.15, 0.2) is 47.0 Å². The molecule has 0 aliphatic carbocycles. The summed E-state index contributed by atoms with van der Waals surface area (Å²) in [6, 6.07) is 12.5. The van der Waals surface area contributed by atoms with Gasteiger partial charge in [0.05, 0.1) is 12.7 Å². The summed E-state index contributed by atoms with van der Waals surface area (Å²) in [5, 5.41) is 4.63. The molecule has 0 spiro atoms. The van der Waals surface area contributed by atoms with Crippen molar-refractivity contribution in [3.8, 4) is 28.6 Å². The van der Waals surface area contributed by atoms with Gasteiger partial charge in [-0.3, -0.25) is 0 Å². The number of hydrogen-bond acceptors (Lipinski definition) is 5. The summed E-state index contributed by atoms with van der Waals surface area (Å²) in [5.41, 5.74) is 7.85. The van der Waals surface area contributed by atoms with Crippen molar-refractivity contribution in [2.45, 2.75) is 0 Å². The Morgan fingerprint density at radius 1 is 1.14 bits per heavy atom. The van der Waals surface area contributed by atoms with Crippen molar-refractivity contribution in [3.63, 3.8) is 0 Å². The number of rotatable bonds is 3. The van der Waals surface area contributed by atoms with E-state index < -0.39 is 0 Å². The zero-order valence-electron chi connectivity index (χ0n) is 11.2. The maximum Gasteiger partial charge on any atom is 0.262 e. The first-order valence-corrected chi connectivity index (χ1v) is 6.58. The quantitative estimate of drug-likeness (QED) is 0.747. The SMILES string of the molecule is COc1cc(N)ccc1-c1nc(-c2ccc(Cl)cc2)no1. The molecular weight excluding hydrogens is 290 g/mol. The number of methoxy groups -OCH3 is 1. The van der Waals surface area contributed by atoms with E-state index in [9.17, 15) is 0 Å². The maximum absolute atomic E-state index is 5.86. The van der Waals surface area contributed by atoms with Crippen molar-refractivity contribution in [1.82, 2.24) is 10.1 Å². The molecule has 3 aromatic rings. The Morgan fingerprint density at radius 3 is 2.62 bits per heavy atom. The summed E-state index contributed by atoms with van der Waals surface area (Å²) in [5.74, 6) is 1.44. The number of nitrogens with zero attached hydrogens (tertiary/aromatic N) is 2. The number of nitrogens with two attached hydrogens (primary N) is 1. The van der Waals surface area contributed by atoms with Gasteiger partial charge in [0.1, 0.15) is 5.75 Å². The molecule has 0 bridgehead atoms. The van der Waals surface area contributed by atoms with E-state index in [2.05, 4.69) is 10.1 Å². The highest BCUT2D eigenvalue weighted by Gasteiger charge is 2.15. The Labute approximate surface area is 126 Å². The number of anilines is 1.